The van der Waals surface area contributed by atoms with Crippen LogP contribution >= 0.6 is 0 Å². The number of aromatic nitrogens is 2. The number of rotatable bonds is 6. The predicted octanol–water partition coefficient (Wildman–Crippen LogP) is 2.90. The van der Waals surface area contributed by atoms with Crippen LogP contribution in [0.5, 0.6) is 0 Å². The second-order valence-corrected chi connectivity index (χ2v) is 5.65. The van der Waals surface area contributed by atoms with Crippen molar-refractivity contribution in [1.29, 1.82) is 0 Å². The van der Waals surface area contributed by atoms with Gasteiger partial charge in [-0.2, -0.15) is 5.10 Å². The van der Waals surface area contributed by atoms with E-state index in [0.717, 1.165) is 6.20 Å². The molecule has 0 atom stereocenters. The minimum absolute atomic E-state index is 0.0521. The third-order valence-electron chi connectivity index (χ3n) is 3.63. The number of hydrogen-bond donors (Lipinski definition) is 1. The van der Waals surface area contributed by atoms with Crippen molar-refractivity contribution < 1.29 is 19.1 Å². The molecule has 3 rings (SSSR count). The van der Waals surface area contributed by atoms with Crippen molar-refractivity contribution in [2.75, 3.05) is 5.32 Å². The van der Waals surface area contributed by atoms with Gasteiger partial charge in [0.15, 0.2) is 5.76 Å². The van der Waals surface area contributed by atoms with E-state index >= 15 is 0 Å². The molecule has 0 saturated carbocycles. The van der Waals surface area contributed by atoms with E-state index in [9.17, 15) is 25.0 Å². The number of nitrogens with zero attached hydrogens (tertiary/aromatic N) is 4. The maximum atomic E-state index is 12.3. The Hall–Kier alpha value is -4.02. The molecule has 1 N–H and O–H groups in total. The van der Waals surface area contributed by atoms with Crippen LogP contribution in [0.3, 0.4) is 0 Å². The number of hydrogen-bond acceptors (Lipinski definition) is 7. The lowest BCUT2D eigenvalue weighted by Gasteiger charge is -2.05. The zero-order chi connectivity index (χ0) is 19.6. The average molecular weight is 371 g/mol. The van der Waals surface area contributed by atoms with Crippen LogP contribution in [0.1, 0.15) is 21.9 Å². The monoisotopic (exact) mass is 371 g/mol. The third-order valence-corrected chi connectivity index (χ3v) is 3.63. The van der Waals surface area contributed by atoms with Gasteiger partial charge in [0, 0.05) is 6.07 Å². The lowest BCUT2D eigenvalue weighted by molar-refractivity contribution is -0.385. The standard InChI is InChI=1S/C16H13N5O6/c1-10-2-4-13(14(6-10)21(25)26)18-16(22)15-5-3-12(27-15)9-19-8-11(7-17-19)20(23)24/h2-8H,9H2,1H3,(H,18,22). The van der Waals surface area contributed by atoms with Gasteiger partial charge in [0.05, 0.1) is 16.4 Å². The Morgan fingerprint density at radius 1 is 1.22 bits per heavy atom. The second kappa shape index (κ2) is 7.07. The van der Waals surface area contributed by atoms with Gasteiger partial charge in [0.2, 0.25) is 0 Å². The number of nitrogens with one attached hydrogen (secondary N) is 1. The summed E-state index contributed by atoms with van der Waals surface area (Å²) >= 11 is 0. The molecular formula is C16H13N5O6. The number of benzene rings is 1. The van der Waals surface area contributed by atoms with E-state index in [2.05, 4.69) is 10.4 Å². The third kappa shape index (κ3) is 3.98. The van der Waals surface area contributed by atoms with Crippen LogP contribution in [0.4, 0.5) is 17.1 Å². The summed E-state index contributed by atoms with van der Waals surface area (Å²) in [5, 5.41) is 28.1. The number of carbonyl (C=O) groups is 1. The van der Waals surface area contributed by atoms with Gasteiger partial charge in [0.25, 0.3) is 11.6 Å². The summed E-state index contributed by atoms with van der Waals surface area (Å²) in [7, 11) is 0. The molecule has 0 radical (unpaired) electrons. The molecule has 138 valence electrons. The highest BCUT2D eigenvalue weighted by atomic mass is 16.6. The van der Waals surface area contributed by atoms with Gasteiger partial charge in [-0.1, -0.05) is 6.07 Å². The maximum absolute atomic E-state index is 12.3. The van der Waals surface area contributed by atoms with Crippen molar-refractivity contribution in [3.05, 3.63) is 80.0 Å². The Morgan fingerprint density at radius 3 is 2.67 bits per heavy atom. The van der Waals surface area contributed by atoms with Crippen LogP contribution in [0, 0.1) is 27.2 Å². The van der Waals surface area contributed by atoms with E-state index in [1.54, 1.807) is 13.0 Å². The number of amides is 1. The molecule has 0 aliphatic carbocycles. The van der Waals surface area contributed by atoms with Gasteiger partial charge in [-0.05, 0) is 30.7 Å². The Bertz CT molecular complexity index is 1040. The fourth-order valence-corrected chi connectivity index (χ4v) is 2.36. The molecule has 11 nitrogen and oxygen atoms in total. The quantitative estimate of drug-likeness (QED) is 0.517. The van der Waals surface area contributed by atoms with E-state index in [-0.39, 0.29) is 29.4 Å². The summed E-state index contributed by atoms with van der Waals surface area (Å²) < 4.78 is 6.70. The number of nitro groups is 2. The highest BCUT2D eigenvalue weighted by Gasteiger charge is 2.19. The van der Waals surface area contributed by atoms with Crippen LogP contribution in [0.15, 0.2) is 47.1 Å². The van der Waals surface area contributed by atoms with Crippen LogP contribution in [-0.4, -0.2) is 25.5 Å². The number of carbonyl (C=O) groups excluding carboxylic acids is 1. The number of furan rings is 1. The fraction of sp³-hybridized carbons (Fsp3) is 0.125. The van der Waals surface area contributed by atoms with Gasteiger partial charge in [-0.25, -0.2) is 0 Å². The molecule has 2 aromatic heterocycles. The first kappa shape index (κ1) is 17.8. The zero-order valence-electron chi connectivity index (χ0n) is 14.0. The first-order valence-corrected chi connectivity index (χ1v) is 7.65. The minimum atomic E-state index is -0.653. The summed E-state index contributed by atoms with van der Waals surface area (Å²) in [6.07, 6.45) is 2.34. The highest BCUT2D eigenvalue weighted by molar-refractivity contribution is 6.03. The molecule has 0 bridgehead atoms. The maximum Gasteiger partial charge on any atom is 0.307 e. The van der Waals surface area contributed by atoms with Crippen molar-refractivity contribution in [3.63, 3.8) is 0 Å². The Morgan fingerprint density at radius 2 is 2.00 bits per heavy atom. The molecule has 0 spiro atoms. The minimum Gasteiger partial charge on any atom is -0.454 e. The molecule has 1 amide bonds. The van der Waals surface area contributed by atoms with Gasteiger partial charge in [0.1, 0.15) is 23.8 Å². The van der Waals surface area contributed by atoms with Crippen LogP contribution < -0.4 is 5.32 Å². The largest absolute Gasteiger partial charge is 0.454 e. The van der Waals surface area contributed by atoms with Crippen molar-refractivity contribution in [1.82, 2.24) is 9.78 Å². The van der Waals surface area contributed by atoms with E-state index < -0.39 is 15.8 Å². The second-order valence-electron chi connectivity index (χ2n) is 5.65. The van der Waals surface area contributed by atoms with Crippen LogP contribution in [0.25, 0.3) is 0 Å². The van der Waals surface area contributed by atoms with Gasteiger partial charge < -0.3 is 9.73 Å². The van der Waals surface area contributed by atoms with E-state index in [0.29, 0.717) is 11.3 Å². The van der Waals surface area contributed by atoms with Gasteiger partial charge in [-0.3, -0.25) is 29.7 Å². The Kier molecular flexibility index (Phi) is 4.66. The summed E-state index contributed by atoms with van der Waals surface area (Å²) in [5.41, 5.74) is 0.356. The topological polar surface area (TPSA) is 146 Å². The predicted molar refractivity (Wildman–Crippen MR) is 92.5 cm³/mol. The van der Waals surface area contributed by atoms with E-state index in [4.69, 9.17) is 4.42 Å². The Balaban J connectivity index is 1.73. The molecule has 11 heteroatoms. The van der Waals surface area contributed by atoms with Crippen molar-refractivity contribution >= 4 is 23.0 Å². The summed E-state index contributed by atoms with van der Waals surface area (Å²) in [6.45, 7) is 1.79. The van der Waals surface area contributed by atoms with Gasteiger partial charge in [-0.15, -0.1) is 0 Å². The van der Waals surface area contributed by atoms with E-state index in [1.807, 2.05) is 0 Å². The molecule has 0 aliphatic heterocycles. The molecule has 27 heavy (non-hydrogen) atoms. The summed E-state index contributed by atoms with van der Waals surface area (Å²) in [4.78, 5) is 32.9. The van der Waals surface area contributed by atoms with Crippen LogP contribution in [-0.2, 0) is 6.54 Å². The molecule has 0 unspecified atom stereocenters. The molecule has 3 aromatic rings. The summed E-state index contributed by atoms with van der Waals surface area (Å²) in [6, 6.07) is 7.36. The van der Waals surface area contributed by atoms with Crippen LogP contribution in [0.2, 0.25) is 0 Å². The number of nitro benzene ring substituents is 1. The van der Waals surface area contributed by atoms with Crippen molar-refractivity contribution in [2.45, 2.75) is 13.5 Å². The SMILES string of the molecule is Cc1ccc(NC(=O)c2ccc(Cn3cc([N+](=O)[O-])cn3)o2)c([N+](=O)[O-])c1. The first-order valence-electron chi connectivity index (χ1n) is 7.65. The zero-order valence-corrected chi connectivity index (χ0v) is 14.0. The van der Waals surface area contributed by atoms with Crippen molar-refractivity contribution in [3.8, 4) is 0 Å². The van der Waals surface area contributed by atoms with Crippen molar-refractivity contribution in [2.24, 2.45) is 0 Å². The van der Waals surface area contributed by atoms with E-state index in [1.165, 1.54) is 35.1 Å². The normalized spacial score (nSPS) is 10.6. The molecule has 0 saturated heterocycles. The smallest absolute Gasteiger partial charge is 0.307 e. The lowest BCUT2D eigenvalue weighted by Crippen LogP contribution is -2.12. The molecule has 1 aromatic carbocycles. The molecule has 2 heterocycles. The lowest BCUT2D eigenvalue weighted by atomic mass is 10.2. The molecular weight excluding hydrogens is 358 g/mol. The molecule has 0 aliphatic rings. The molecule has 0 fully saturated rings. The number of aryl methyl sites for hydroxylation is 1. The first-order chi connectivity index (χ1) is 12.8. The number of anilines is 1. The fourth-order valence-electron chi connectivity index (χ4n) is 2.36. The Labute approximate surface area is 151 Å². The summed E-state index contributed by atoms with van der Waals surface area (Å²) in [5.74, 6) is -0.363. The highest BCUT2D eigenvalue weighted by Crippen LogP contribution is 2.26. The average Bonchev–Trinajstić information content (AvgIpc) is 3.26. The van der Waals surface area contributed by atoms with Gasteiger partial charge >= 0.3 is 5.69 Å².